The number of rotatable bonds is 8. The van der Waals surface area contributed by atoms with Crippen molar-refractivity contribution >= 4 is 46.3 Å². The van der Waals surface area contributed by atoms with Crippen molar-refractivity contribution in [1.82, 2.24) is 4.98 Å². The van der Waals surface area contributed by atoms with Crippen molar-refractivity contribution in [1.29, 1.82) is 0 Å². The Labute approximate surface area is 171 Å². The van der Waals surface area contributed by atoms with Gasteiger partial charge in [-0.15, -0.1) is 23.1 Å². The average molecular weight is 414 g/mol. The maximum atomic E-state index is 12.8. The van der Waals surface area contributed by atoms with Crippen LogP contribution in [0.1, 0.15) is 16.1 Å². The van der Waals surface area contributed by atoms with E-state index in [0.717, 1.165) is 10.6 Å². The minimum absolute atomic E-state index is 0.0276. The maximum Gasteiger partial charge on any atom is 0.256 e. The first kappa shape index (κ1) is 20.1. The number of carbonyl (C=O) groups is 2. The highest BCUT2D eigenvalue weighted by molar-refractivity contribution is 7.98. The van der Waals surface area contributed by atoms with Crippen LogP contribution in [0.3, 0.4) is 0 Å². The molecular weight excluding hydrogens is 394 g/mol. The van der Waals surface area contributed by atoms with Crippen LogP contribution in [0.25, 0.3) is 0 Å². The summed E-state index contributed by atoms with van der Waals surface area (Å²) in [5.41, 5.74) is 4.57. The highest BCUT2D eigenvalue weighted by Gasteiger charge is 2.13. The third-order valence-corrected chi connectivity index (χ3v) is 5.41. The standard InChI is InChI=1S/C20H19N3O3S2/c1-26-10-19(24)22-14-5-4-6-15(9-14)23-20(25)17-7-2-3-8-18(17)28-12-16-11-27-13-21-16/h2-9,11,13H,10,12H2,1H3,(H,22,24)(H,23,25). The number of anilines is 2. The van der Waals surface area contributed by atoms with Crippen molar-refractivity contribution < 1.29 is 14.3 Å². The molecule has 0 aliphatic carbocycles. The fourth-order valence-electron chi connectivity index (χ4n) is 2.44. The molecule has 3 aromatic rings. The smallest absolute Gasteiger partial charge is 0.256 e. The van der Waals surface area contributed by atoms with E-state index < -0.39 is 0 Å². The molecule has 0 unspecified atom stereocenters. The Morgan fingerprint density at radius 3 is 2.64 bits per heavy atom. The lowest BCUT2D eigenvalue weighted by Crippen LogP contribution is -2.17. The summed E-state index contributed by atoms with van der Waals surface area (Å²) in [5.74, 6) is 0.242. The summed E-state index contributed by atoms with van der Waals surface area (Å²) in [6, 6.07) is 14.5. The third kappa shape index (κ3) is 5.66. The number of carbonyl (C=O) groups excluding carboxylic acids is 2. The van der Waals surface area contributed by atoms with Crippen molar-refractivity contribution in [3.8, 4) is 0 Å². The van der Waals surface area contributed by atoms with Gasteiger partial charge in [-0.3, -0.25) is 9.59 Å². The topological polar surface area (TPSA) is 80.3 Å². The van der Waals surface area contributed by atoms with Crippen LogP contribution in [0.15, 0.2) is 64.3 Å². The molecule has 144 valence electrons. The van der Waals surface area contributed by atoms with E-state index in [-0.39, 0.29) is 18.4 Å². The molecule has 3 rings (SSSR count). The zero-order chi connectivity index (χ0) is 19.8. The average Bonchev–Trinajstić information content (AvgIpc) is 3.20. The molecule has 2 N–H and O–H groups in total. The number of methoxy groups -OCH3 is 1. The summed E-state index contributed by atoms with van der Waals surface area (Å²) in [5, 5.41) is 7.61. The van der Waals surface area contributed by atoms with Gasteiger partial charge >= 0.3 is 0 Å². The molecule has 2 amide bonds. The second-order valence-electron chi connectivity index (χ2n) is 5.78. The molecule has 0 spiro atoms. The fraction of sp³-hybridized carbons (Fsp3) is 0.150. The summed E-state index contributed by atoms with van der Waals surface area (Å²) in [7, 11) is 1.46. The number of thioether (sulfide) groups is 1. The van der Waals surface area contributed by atoms with Crippen molar-refractivity contribution in [2.45, 2.75) is 10.6 Å². The zero-order valence-electron chi connectivity index (χ0n) is 15.2. The van der Waals surface area contributed by atoms with E-state index in [2.05, 4.69) is 15.6 Å². The first-order chi connectivity index (χ1) is 13.7. The van der Waals surface area contributed by atoms with Gasteiger partial charge in [0.25, 0.3) is 5.91 Å². The van der Waals surface area contributed by atoms with E-state index in [4.69, 9.17) is 4.74 Å². The number of amides is 2. The summed E-state index contributed by atoms with van der Waals surface area (Å²) in [6.07, 6.45) is 0. The molecule has 0 atom stereocenters. The number of hydrogen-bond acceptors (Lipinski definition) is 6. The Morgan fingerprint density at radius 1 is 1.11 bits per heavy atom. The first-order valence-electron chi connectivity index (χ1n) is 8.45. The number of ether oxygens (including phenoxy) is 1. The zero-order valence-corrected chi connectivity index (χ0v) is 16.8. The first-order valence-corrected chi connectivity index (χ1v) is 10.4. The molecule has 28 heavy (non-hydrogen) atoms. The molecule has 1 aromatic heterocycles. The Balaban J connectivity index is 1.68. The van der Waals surface area contributed by atoms with Crippen molar-refractivity contribution in [3.05, 3.63) is 70.7 Å². The number of benzene rings is 2. The molecule has 0 saturated heterocycles. The molecule has 0 aliphatic heterocycles. The van der Waals surface area contributed by atoms with Gasteiger partial charge in [0.05, 0.1) is 16.8 Å². The predicted octanol–water partition coefficient (Wildman–Crippen LogP) is 4.27. The Morgan fingerprint density at radius 2 is 1.89 bits per heavy atom. The molecule has 0 aliphatic rings. The largest absolute Gasteiger partial charge is 0.375 e. The van der Waals surface area contributed by atoms with Crippen LogP contribution in [-0.2, 0) is 15.3 Å². The molecule has 0 bridgehead atoms. The molecule has 0 radical (unpaired) electrons. The van der Waals surface area contributed by atoms with Gasteiger partial charge in [0.15, 0.2) is 0 Å². The van der Waals surface area contributed by atoms with Crippen molar-refractivity contribution in [2.24, 2.45) is 0 Å². The highest BCUT2D eigenvalue weighted by atomic mass is 32.2. The van der Waals surface area contributed by atoms with E-state index in [9.17, 15) is 9.59 Å². The van der Waals surface area contributed by atoms with Crippen LogP contribution in [0.2, 0.25) is 0 Å². The number of nitrogens with one attached hydrogen (secondary N) is 2. The summed E-state index contributed by atoms with van der Waals surface area (Å²) < 4.78 is 4.80. The highest BCUT2D eigenvalue weighted by Crippen LogP contribution is 2.27. The van der Waals surface area contributed by atoms with Gasteiger partial charge in [0.2, 0.25) is 5.91 Å². The summed E-state index contributed by atoms with van der Waals surface area (Å²) in [6.45, 7) is -0.0276. The second-order valence-corrected chi connectivity index (χ2v) is 7.52. The number of hydrogen-bond donors (Lipinski definition) is 2. The van der Waals surface area contributed by atoms with Crippen LogP contribution in [0, 0.1) is 0 Å². The Hall–Kier alpha value is -2.68. The minimum Gasteiger partial charge on any atom is -0.375 e. The van der Waals surface area contributed by atoms with Crippen LogP contribution >= 0.6 is 23.1 Å². The lowest BCUT2D eigenvalue weighted by Gasteiger charge is -2.11. The van der Waals surface area contributed by atoms with Gasteiger partial charge in [-0.25, -0.2) is 4.98 Å². The Kier molecular flexibility index (Phi) is 7.18. The molecule has 1 heterocycles. The number of thiazole rings is 1. The molecule has 0 fully saturated rings. The lowest BCUT2D eigenvalue weighted by atomic mass is 10.2. The fourth-order valence-corrected chi connectivity index (χ4v) is 4.06. The Bertz CT molecular complexity index is 945. The van der Waals surface area contributed by atoms with Crippen LogP contribution in [-0.4, -0.2) is 30.5 Å². The molecule has 6 nitrogen and oxygen atoms in total. The molecule has 8 heteroatoms. The molecular formula is C20H19N3O3S2. The van der Waals surface area contributed by atoms with Crippen molar-refractivity contribution in [3.63, 3.8) is 0 Å². The van der Waals surface area contributed by atoms with E-state index in [1.807, 2.05) is 23.6 Å². The summed E-state index contributed by atoms with van der Waals surface area (Å²) >= 11 is 3.13. The van der Waals surface area contributed by atoms with Gasteiger partial charge in [-0.1, -0.05) is 18.2 Å². The van der Waals surface area contributed by atoms with Gasteiger partial charge in [0, 0.05) is 34.5 Å². The SMILES string of the molecule is COCC(=O)Nc1cccc(NC(=O)c2ccccc2SCc2cscn2)c1. The second kappa shape index (κ2) is 10.0. The van der Waals surface area contributed by atoms with E-state index >= 15 is 0 Å². The van der Waals surface area contributed by atoms with Crippen LogP contribution in [0.5, 0.6) is 0 Å². The van der Waals surface area contributed by atoms with Gasteiger partial charge in [-0.05, 0) is 30.3 Å². The summed E-state index contributed by atoms with van der Waals surface area (Å²) in [4.78, 5) is 29.6. The van der Waals surface area contributed by atoms with Gasteiger partial charge < -0.3 is 15.4 Å². The van der Waals surface area contributed by atoms with Crippen LogP contribution in [0.4, 0.5) is 11.4 Å². The van der Waals surface area contributed by atoms with E-state index in [1.54, 1.807) is 58.9 Å². The monoisotopic (exact) mass is 413 g/mol. The molecule has 2 aromatic carbocycles. The minimum atomic E-state index is -0.255. The number of aromatic nitrogens is 1. The van der Waals surface area contributed by atoms with Crippen LogP contribution < -0.4 is 10.6 Å². The van der Waals surface area contributed by atoms with E-state index in [0.29, 0.717) is 22.7 Å². The third-order valence-electron chi connectivity index (χ3n) is 3.67. The molecule has 0 saturated carbocycles. The predicted molar refractivity (Wildman–Crippen MR) is 113 cm³/mol. The lowest BCUT2D eigenvalue weighted by molar-refractivity contribution is -0.119. The van der Waals surface area contributed by atoms with E-state index in [1.165, 1.54) is 7.11 Å². The van der Waals surface area contributed by atoms with Gasteiger partial charge in [0.1, 0.15) is 6.61 Å². The van der Waals surface area contributed by atoms with Gasteiger partial charge in [-0.2, -0.15) is 0 Å². The van der Waals surface area contributed by atoms with Crippen molar-refractivity contribution in [2.75, 3.05) is 24.4 Å². The normalized spacial score (nSPS) is 10.5. The quantitative estimate of drug-likeness (QED) is 0.539. The maximum absolute atomic E-state index is 12.8. The number of nitrogens with zero attached hydrogens (tertiary/aromatic N) is 1.